The van der Waals surface area contributed by atoms with Crippen LogP contribution in [0, 0.1) is 29.7 Å². The lowest BCUT2D eigenvalue weighted by Gasteiger charge is -2.56. The summed E-state index contributed by atoms with van der Waals surface area (Å²) in [4.78, 5) is 17.9. The summed E-state index contributed by atoms with van der Waals surface area (Å²) in [5.41, 5.74) is 3.18. The number of anilines is 2. The molecule has 0 saturated heterocycles. The molecule has 4 aliphatic carbocycles. The van der Waals surface area contributed by atoms with Gasteiger partial charge in [-0.25, -0.2) is 4.98 Å². The lowest BCUT2D eigenvalue weighted by molar-refractivity contribution is -0.124. The van der Waals surface area contributed by atoms with Crippen molar-refractivity contribution in [1.82, 2.24) is 10.3 Å². The van der Waals surface area contributed by atoms with Crippen molar-refractivity contribution in [2.24, 2.45) is 23.2 Å². The Labute approximate surface area is 208 Å². The predicted octanol–water partition coefficient (Wildman–Crippen LogP) is 5.99. The minimum atomic E-state index is 0.169. The van der Waals surface area contributed by atoms with Crippen LogP contribution in [0.4, 0.5) is 11.5 Å². The fourth-order valence-electron chi connectivity index (χ4n) is 7.41. The number of fused-ring (bicyclic) bond motifs is 1. The molecule has 35 heavy (non-hydrogen) atoms. The summed E-state index contributed by atoms with van der Waals surface area (Å²) in [6.07, 6.45) is 8.69. The average Bonchev–Trinajstić information content (AvgIpc) is 2.83. The highest BCUT2D eigenvalue weighted by molar-refractivity contribution is 6.01. The van der Waals surface area contributed by atoms with Gasteiger partial charge in [0.15, 0.2) is 0 Å². The number of benzene rings is 2. The van der Waals surface area contributed by atoms with E-state index in [4.69, 9.17) is 4.98 Å². The van der Waals surface area contributed by atoms with E-state index in [1.54, 1.807) is 0 Å². The van der Waals surface area contributed by atoms with Gasteiger partial charge in [-0.05, 0) is 91.5 Å². The van der Waals surface area contributed by atoms with E-state index in [-0.39, 0.29) is 11.3 Å². The summed E-state index contributed by atoms with van der Waals surface area (Å²) in [6.45, 7) is 3.59. The lowest BCUT2D eigenvalue weighted by Crippen LogP contribution is -2.47. The number of nitrogens with zero attached hydrogens (tertiary/aromatic N) is 1. The highest BCUT2D eigenvalue weighted by Gasteiger charge is 2.51. The van der Waals surface area contributed by atoms with Gasteiger partial charge in [-0.3, -0.25) is 4.79 Å². The summed E-state index contributed by atoms with van der Waals surface area (Å²) in [7, 11) is 0. The molecule has 3 aromatic rings. The standard InChI is InChI=1S/C30H35N4O/c35-29(19-30-16-22-13-23(17-30)15-24(14-22)18-30)34-27-8-4-7-26-25(27)9-10-28(33-26)32-12-11-31-20-21-5-2-1-3-6-21/h1-10,20,22-24,31H,11-19H2,(H,32,33)(H,34,35). The van der Waals surface area contributed by atoms with Crippen molar-refractivity contribution in [3.05, 3.63) is 72.8 Å². The molecule has 181 valence electrons. The highest BCUT2D eigenvalue weighted by atomic mass is 16.1. The van der Waals surface area contributed by atoms with Crippen LogP contribution in [0.3, 0.4) is 0 Å². The maximum Gasteiger partial charge on any atom is 0.224 e. The molecule has 4 bridgehead atoms. The van der Waals surface area contributed by atoms with E-state index in [0.717, 1.165) is 58.8 Å². The molecule has 5 heteroatoms. The molecule has 1 aromatic heterocycles. The van der Waals surface area contributed by atoms with Crippen molar-refractivity contribution < 1.29 is 4.79 Å². The molecule has 1 heterocycles. The molecule has 0 atom stereocenters. The van der Waals surface area contributed by atoms with Gasteiger partial charge < -0.3 is 16.0 Å². The second kappa shape index (κ2) is 9.62. The highest BCUT2D eigenvalue weighted by Crippen LogP contribution is 2.61. The van der Waals surface area contributed by atoms with Crippen molar-refractivity contribution in [1.29, 1.82) is 0 Å². The number of carbonyl (C=O) groups is 1. The van der Waals surface area contributed by atoms with Gasteiger partial charge in [-0.1, -0.05) is 36.4 Å². The van der Waals surface area contributed by atoms with Crippen LogP contribution < -0.4 is 16.0 Å². The third-order valence-electron chi connectivity index (χ3n) is 8.35. The number of hydrogen-bond acceptors (Lipinski definition) is 4. The second-order valence-electron chi connectivity index (χ2n) is 11.1. The van der Waals surface area contributed by atoms with E-state index in [1.165, 1.54) is 38.5 Å². The van der Waals surface area contributed by atoms with Gasteiger partial charge in [0.05, 0.1) is 17.7 Å². The van der Waals surface area contributed by atoms with Crippen LogP contribution in [0.25, 0.3) is 10.9 Å². The van der Waals surface area contributed by atoms with Crippen molar-refractivity contribution in [2.75, 3.05) is 23.7 Å². The topological polar surface area (TPSA) is 66.0 Å². The maximum atomic E-state index is 13.2. The molecule has 0 spiro atoms. The Hall–Kier alpha value is -2.92. The SMILES string of the molecule is O=C(CC12CC3CC(CC(C3)C1)C2)Nc1cccc2nc(NCCN[CH]c3ccccc3)ccc12. The molecule has 1 radical (unpaired) electrons. The quantitative estimate of drug-likeness (QED) is 0.338. The average molecular weight is 468 g/mol. The van der Waals surface area contributed by atoms with Gasteiger partial charge in [0.1, 0.15) is 5.82 Å². The van der Waals surface area contributed by atoms with E-state index in [9.17, 15) is 4.79 Å². The van der Waals surface area contributed by atoms with Crippen molar-refractivity contribution in [2.45, 2.75) is 44.9 Å². The molecular weight excluding hydrogens is 432 g/mol. The number of aromatic nitrogens is 1. The Kier molecular flexibility index (Phi) is 6.19. The molecule has 0 unspecified atom stereocenters. The predicted molar refractivity (Wildman–Crippen MR) is 142 cm³/mol. The zero-order chi connectivity index (χ0) is 23.7. The van der Waals surface area contributed by atoms with E-state index < -0.39 is 0 Å². The fourth-order valence-corrected chi connectivity index (χ4v) is 7.41. The molecule has 3 N–H and O–H groups in total. The van der Waals surface area contributed by atoms with E-state index in [2.05, 4.69) is 34.1 Å². The Balaban J connectivity index is 1.05. The van der Waals surface area contributed by atoms with Crippen LogP contribution in [0.2, 0.25) is 0 Å². The first-order valence-corrected chi connectivity index (χ1v) is 13.2. The molecule has 4 saturated carbocycles. The molecule has 7 rings (SSSR count). The van der Waals surface area contributed by atoms with Gasteiger partial charge >= 0.3 is 0 Å². The number of carbonyl (C=O) groups excluding carboxylic acids is 1. The van der Waals surface area contributed by atoms with Gasteiger partial charge in [-0.2, -0.15) is 0 Å². The van der Waals surface area contributed by atoms with Crippen molar-refractivity contribution in [3.63, 3.8) is 0 Å². The molecule has 2 aromatic carbocycles. The van der Waals surface area contributed by atoms with Crippen LogP contribution in [0.1, 0.15) is 50.5 Å². The van der Waals surface area contributed by atoms with Crippen LogP contribution in [-0.2, 0) is 4.79 Å². The molecular formula is C30H35N4O. The zero-order valence-corrected chi connectivity index (χ0v) is 20.3. The lowest BCUT2D eigenvalue weighted by atomic mass is 9.49. The first-order chi connectivity index (χ1) is 17.1. The van der Waals surface area contributed by atoms with Gasteiger partial charge in [0, 0.05) is 24.9 Å². The fraction of sp³-hybridized carbons (Fsp3) is 0.433. The normalized spacial score (nSPS) is 26.7. The number of amides is 1. The third kappa shape index (κ3) is 5.06. The maximum absolute atomic E-state index is 13.2. The van der Waals surface area contributed by atoms with E-state index in [0.29, 0.717) is 6.42 Å². The summed E-state index contributed by atoms with van der Waals surface area (Å²) in [5.74, 6) is 3.62. The molecule has 1 amide bonds. The van der Waals surface area contributed by atoms with E-state index >= 15 is 0 Å². The number of rotatable bonds is 9. The Morgan fingerprint density at radius 1 is 0.886 bits per heavy atom. The summed E-state index contributed by atoms with van der Waals surface area (Å²) in [6, 6.07) is 20.3. The van der Waals surface area contributed by atoms with Crippen LogP contribution in [-0.4, -0.2) is 24.0 Å². The summed E-state index contributed by atoms with van der Waals surface area (Å²) < 4.78 is 0. The van der Waals surface area contributed by atoms with Crippen LogP contribution in [0.15, 0.2) is 60.7 Å². The minimum Gasteiger partial charge on any atom is -0.369 e. The summed E-state index contributed by atoms with van der Waals surface area (Å²) >= 11 is 0. The summed E-state index contributed by atoms with van der Waals surface area (Å²) in [5, 5.41) is 11.0. The molecule has 4 aliphatic rings. The number of nitrogens with one attached hydrogen (secondary N) is 3. The zero-order valence-electron chi connectivity index (χ0n) is 20.3. The number of pyridine rings is 1. The molecule has 4 fully saturated rings. The Morgan fingerprint density at radius 3 is 2.37 bits per heavy atom. The largest absolute Gasteiger partial charge is 0.369 e. The van der Waals surface area contributed by atoms with E-state index in [1.807, 2.05) is 49.0 Å². The van der Waals surface area contributed by atoms with Crippen LogP contribution in [0.5, 0.6) is 0 Å². The third-order valence-corrected chi connectivity index (χ3v) is 8.35. The Morgan fingerprint density at radius 2 is 1.63 bits per heavy atom. The van der Waals surface area contributed by atoms with Gasteiger partial charge in [-0.15, -0.1) is 0 Å². The molecule has 5 nitrogen and oxygen atoms in total. The number of hydrogen-bond donors (Lipinski definition) is 3. The minimum absolute atomic E-state index is 0.169. The monoisotopic (exact) mass is 467 g/mol. The smallest absolute Gasteiger partial charge is 0.224 e. The van der Waals surface area contributed by atoms with Crippen molar-refractivity contribution in [3.8, 4) is 0 Å². The van der Waals surface area contributed by atoms with Crippen LogP contribution >= 0.6 is 0 Å². The first kappa shape index (κ1) is 22.5. The van der Waals surface area contributed by atoms with Gasteiger partial charge in [0.25, 0.3) is 0 Å². The Bertz CT molecular complexity index is 1160. The first-order valence-electron chi connectivity index (χ1n) is 13.2. The van der Waals surface area contributed by atoms with Crippen molar-refractivity contribution >= 4 is 28.3 Å². The molecule has 0 aliphatic heterocycles. The second-order valence-corrected chi connectivity index (χ2v) is 11.1. The van der Waals surface area contributed by atoms with Gasteiger partial charge in [0.2, 0.25) is 5.91 Å².